The lowest BCUT2D eigenvalue weighted by Crippen LogP contribution is -1.90. The van der Waals surface area contributed by atoms with Gasteiger partial charge in [0, 0.05) is 12.1 Å². The second-order valence-electron chi connectivity index (χ2n) is 4.92. The van der Waals surface area contributed by atoms with Gasteiger partial charge in [0.2, 0.25) is 0 Å². The van der Waals surface area contributed by atoms with E-state index in [4.69, 9.17) is 21.1 Å². The van der Waals surface area contributed by atoms with Gasteiger partial charge < -0.3 is 14.8 Å². The molecule has 0 aliphatic rings. The number of methoxy groups -OCH3 is 2. The number of hydrogen-bond donors (Lipinski definition) is 1. The van der Waals surface area contributed by atoms with Gasteiger partial charge in [0.1, 0.15) is 5.52 Å². The molecule has 0 saturated carbocycles. The molecule has 0 unspecified atom stereocenters. The molecular formula is C16H12ClN3O2S2. The maximum absolute atomic E-state index is 6.18. The van der Waals surface area contributed by atoms with Crippen LogP contribution in [0.5, 0.6) is 11.5 Å². The number of benzene rings is 2. The van der Waals surface area contributed by atoms with Crippen LogP contribution in [0.1, 0.15) is 0 Å². The molecule has 24 heavy (non-hydrogen) atoms. The highest BCUT2D eigenvalue weighted by Gasteiger charge is 2.12. The monoisotopic (exact) mass is 377 g/mol. The smallest absolute Gasteiger partial charge is 0.190 e. The summed E-state index contributed by atoms with van der Waals surface area (Å²) in [6.07, 6.45) is 0. The van der Waals surface area contributed by atoms with E-state index in [9.17, 15) is 0 Å². The second-order valence-corrected chi connectivity index (χ2v) is 7.39. The Morgan fingerprint density at radius 2 is 1.67 bits per heavy atom. The van der Waals surface area contributed by atoms with Crippen LogP contribution in [0.2, 0.25) is 5.02 Å². The van der Waals surface area contributed by atoms with Gasteiger partial charge in [-0.3, -0.25) is 0 Å². The molecule has 0 fully saturated rings. The molecule has 0 spiro atoms. The lowest BCUT2D eigenvalue weighted by molar-refractivity contribution is 0.356. The molecule has 0 atom stereocenters. The van der Waals surface area contributed by atoms with Crippen molar-refractivity contribution in [2.45, 2.75) is 0 Å². The molecule has 0 aliphatic heterocycles. The zero-order valence-corrected chi connectivity index (χ0v) is 15.2. The molecule has 8 heteroatoms. The number of ether oxygens (including phenoxy) is 2. The number of para-hydroxylation sites is 1. The van der Waals surface area contributed by atoms with Crippen molar-refractivity contribution in [3.63, 3.8) is 0 Å². The van der Waals surface area contributed by atoms with Gasteiger partial charge in [-0.25, -0.2) is 9.97 Å². The summed E-state index contributed by atoms with van der Waals surface area (Å²) in [7, 11) is 3.23. The van der Waals surface area contributed by atoms with Gasteiger partial charge in [0.25, 0.3) is 0 Å². The van der Waals surface area contributed by atoms with E-state index in [0.29, 0.717) is 16.5 Å². The SMILES string of the molecule is COc1cc2nc(Nc3nc4c(Cl)cccc4s3)sc2cc1OC. The number of anilines is 2. The maximum Gasteiger partial charge on any atom is 0.190 e. The molecule has 2 heterocycles. The van der Waals surface area contributed by atoms with Crippen molar-refractivity contribution in [1.82, 2.24) is 9.97 Å². The maximum atomic E-state index is 6.18. The highest BCUT2D eigenvalue weighted by atomic mass is 35.5. The normalized spacial score (nSPS) is 11.1. The van der Waals surface area contributed by atoms with Crippen molar-refractivity contribution in [1.29, 1.82) is 0 Å². The second kappa shape index (κ2) is 6.08. The van der Waals surface area contributed by atoms with Crippen LogP contribution in [0.15, 0.2) is 30.3 Å². The fraction of sp³-hybridized carbons (Fsp3) is 0.125. The first-order valence-corrected chi connectivity index (χ1v) is 9.03. The van der Waals surface area contributed by atoms with Crippen molar-refractivity contribution in [2.75, 3.05) is 19.5 Å². The molecule has 1 N–H and O–H groups in total. The molecule has 122 valence electrons. The Morgan fingerprint density at radius 3 is 2.42 bits per heavy atom. The number of nitrogens with zero attached hydrogens (tertiary/aromatic N) is 2. The van der Waals surface area contributed by atoms with Crippen LogP contribution >= 0.6 is 34.3 Å². The van der Waals surface area contributed by atoms with E-state index in [0.717, 1.165) is 30.7 Å². The summed E-state index contributed by atoms with van der Waals surface area (Å²) in [6.45, 7) is 0. The third-order valence-corrected chi connectivity index (χ3v) is 5.65. The van der Waals surface area contributed by atoms with Crippen molar-refractivity contribution in [2.24, 2.45) is 0 Å². The van der Waals surface area contributed by atoms with Crippen molar-refractivity contribution < 1.29 is 9.47 Å². The van der Waals surface area contributed by atoms with E-state index in [-0.39, 0.29) is 0 Å². The standard InChI is InChI=1S/C16H12ClN3O2S2/c1-21-10-6-9-13(7-11(10)22-2)24-15(18-9)20-16-19-14-8(17)4-3-5-12(14)23-16/h3-7H,1-2H3,(H,18,19,20). The van der Waals surface area contributed by atoms with Crippen LogP contribution in [0, 0.1) is 0 Å². The van der Waals surface area contributed by atoms with Crippen LogP contribution in [0.4, 0.5) is 10.3 Å². The van der Waals surface area contributed by atoms with Crippen molar-refractivity contribution in [3.05, 3.63) is 35.4 Å². The Hall–Kier alpha value is -2.09. The van der Waals surface area contributed by atoms with Crippen LogP contribution in [-0.2, 0) is 0 Å². The van der Waals surface area contributed by atoms with Gasteiger partial charge in [-0.1, -0.05) is 40.3 Å². The predicted molar refractivity (Wildman–Crippen MR) is 101 cm³/mol. The predicted octanol–water partition coefficient (Wildman–Crippen LogP) is 5.32. The highest BCUT2D eigenvalue weighted by molar-refractivity contribution is 7.24. The average molecular weight is 378 g/mol. The summed E-state index contributed by atoms with van der Waals surface area (Å²) in [5.74, 6) is 1.35. The van der Waals surface area contributed by atoms with E-state index in [1.807, 2.05) is 30.3 Å². The van der Waals surface area contributed by atoms with Crippen LogP contribution in [0.25, 0.3) is 20.4 Å². The Labute approximate surface area is 150 Å². The average Bonchev–Trinajstić information content (AvgIpc) is 3.16. The first-order chi connectivity index (χ1) is 11.7. The van der Waals surface area contributed by atoms with Crippen molar-refractivity contribution in [3.8, 4) is 11.5 Å². The first kappa shape index (κ1) is 15.4. The van der Waals surface area contributed by atoms with E-state index in [2.05, 4.69) is 15.3 Å². The number of halogens is 1. The van der Waals surface area contributed by atoms with Gasteiger partial charge in [-0.05, 0) is 12.1 Å². The van der Waals surface area contributed by atoms with Gasteiger partial charge in [0.15, 0.2) is 21.8 Å². The van der Waals surface area contributed by atoms with Gasteiger partial charge in [0.05, 0.1) is 34.2 Å². The Balaban J connectivity index is 1.72. The topological polar surface area (TPSA) is 56.3 Å². The third kappa shape index (κ3) is 2.64. The van der Waals surface area contributed by atoms with Crippen LogP contribution in [-0.4, -0.2) is 24.2 Å². The minimum Gasteiger partial charge on any atom is -0.493 e. The largest absolute Gasteiger partial charge is 0.493 e. The summed E-state index contributed by atoms with van der Waals surface area (Å²) in [6, 6.07) is 9.54. The molecule has 0 aliphatic carbocycles. The fourth-order valence-corrected chi connectivity index (χ4v) is 4.47. The number of nitrogens with one attached hydrogen (secondary N) is 1. The van der Waals surface area contributed by atoms with Crippen LogP contribution in [0.3, 0.4) is 0 Å². The molecule has 0 amide bonds. The number of thiazole rings is 2. The molecule has 0 bridgehead atoms. The molecule has 2 aromatic heterocycles. The van der Waals surface area contributed by atoms with E-state index >= 15 is 0 Å². The quantitative estimate of drug-likeness (QED) is 0.521. The van der Waals surface area contributed by atoms with Crippen molar-refractivity contribution >= 4 is 65.0 Å². The molecule has 2 aromatic carbocycles. The van der Waals surface area contributed by atoms with Gasteiger partial charge in [-0.15, -0.1) is 0 Å². The summed E-state index contributed by atoms with van der Waals surface area (Å²) < 4.78 is 12.7. The summed E-state index contributed by atoms with van der Waals surface area (Å²) in [4.78, 5) is 9.13. The number of fused-ring (bicyclic) bond motifs is 2. The summed E-state index contributed by atoms with van der Waals surface area (Å²) >= 11 is 9.25. The van der Waals surface area contributed by atoms with E-state index in [1.165, 1.54) is 11.3 Å². The molecular weight excluding hydrogens is 366 g/mol. The third-order valence-electron chi connectivity index (χ3n) is 3.48. The fourth-order valence-electron chi connectivity index (χ4n) is 2.37. The van der Waals surface area contributed by atoms with Gasteiger partial charge >= 0.3 is 0 Å². The number of hydrogen-bond acceptors (Lipinski definition) is 7. The zero-order valence-electron chi connectivity index (χ0n) is 12.8. The summed E-state index contributed by atoms with van der Waals surface area (Å²) in [5.41, 5.74) is 1.65. The lowest BCUT2D eigenvalue weighted by atomic mass is 10.3. The number of rotatable bonds is 4. The summed E-state index contributed by atoms with van der Waals surface area (Å²) in [5, 5.41) is 5.43. The van der Waals surface area contributed by atoms with E-state index in [1.54, 1.807) is 25.6 Å². The van der Waals surface area contributed by atoms with Gasteiger partial charge in [-0.2, -0.15) is 0 Å². The number of aromatic nitrogens is 2. The molecule has 0 radical (unpaired) electrons. The molecule has 5 nitrogen and oxygen atoms in total. The highest BCUT2D eigenvalue weighted by Crippen LogP contribution is 2.38. The van der Waals surface area contributed by atoms with E-state index < -0.39 is 0 Å². The molecule has 4 rings (SSSR count). The Kier molecular flexibility index (Phi) is 3.91. The lowest BCUT2D eigenvalue weighted by Gasteiger charge is -2.05. The molecule has 0 saturated heterocycles. The molecule has 4 aromatic rings. The Bertz CT molecular complexity index is 1000. The zero-order chi connectivity index (χ0) is 16.7. The van der Waals surface area contributed by atoms with Crippen LogP contribution < -0.4 is 14.8 Å². The minimum absolute atomic E-state index is 0.649. The minimum atomic E-state index is 0.649. The Morgan fingerprint density at radius 1 is 0.958 bits per heavy atom. The first-order valence-electron chi connectivity index (χ1n) is 7.02.